The van der Waals surface area contributed by atoms with Gasteiger partial charge in [-0.3, -0.25) is 19.4 Å². The SMILES string of the molecule is Cl.Cl.O=C(O)CN1CCN(CC(=O)N2CCc3c(n(Cc4cccc(F)c4)c4ncccc34)C2)CC1. The summed E-state index contributed by atoms with van der Waals surface area (Å²) in [6, 6.07) is 10.6. The maximum absolute atomic E-state index is 13.8. The molecule has 1 amide bonds. The average molecular weight is 538 g/mol. The van der Waals surface area contributed by atoms with Crippen LogP contribution in [0.2, 0.25) is 0 Å². The predicted octanol–water partition coefficient (Wildman–Crippen LogP) is 2.65. The molecule has 11 heteroatoms. The first-order valence-corrected chi connectivity index (χ1v) is 11.6. The molecule has 0 radical (unpaired) electrons. The molecule has 2 aromatic heterocycles. The van der Waals surface area contributed by atoms with Gasteiger partial charge in [0.05, 0.1) is 19.6 Å². The molecule has 3 aromatic rings. The molecule has 0 atom stereocenters. The van der Waals surface area contributed by atoms with Crippen molar-refractivity contribution in [2.24, 2.45) is 0 Å². The quantitative estimate of drug-likeness (QED) is 0.520. The first-order chi connectivity index (χ1) is 16.5. The molecule has 0 saturated carbocycles. The van der Waals surface area contributed by atoms with Crippen molar-refractivity contribution >= 4 is 47.7 Å². The molecule has 8 nitrogen and oxygen atoms in total. The maximum Gasteiger partial charge on any atom is 0.317 e. The lowest BCUT2D eigenvalue weighted by atomic mass is 10.0. The second-order valence-electron chi connectivity index (χ2n) is 9.03. The summed E-state index contributed by atoms with van der Waals surface area (Å²) in [5, 5.41) is 10.1. The molecular formula is C25H30Cl2FN5O3. The summed E-state index contributed by atoms with van der Waals surface area (Å²) in [5.74, 6) is -1.01. The third kappa shape index (κ3) is 5.98. The number of rotatable bonds is 6. The molecule has 0 aliphatic carbocycles. The normalized spacial score (nSPS) is 16.2. The van der Waals surface area contributed by atoms with Crippen LogP contribution in [0.3, 0.4) is 0 Å². The third-order valence-corrected chi connectivity index (χ3v) is 6.78. The number of piperazine rings is 1. The van der Waals surface area contributed by atoms with Crippen LogP contribution >= 0.6 is 24.8 Å². The van der Waals surface area contributed by atoms with Gasteiger partial charge >= 0.3 is 5.97 Å². The Hall–Kier alpha value is -2.72. The summed E-state index contributed by atoms with van der Waals surface area (Å²) < 4.78 is 15.9. The van der Waals surface area contributed by atoms with Crippen LogP contribution in [0.4, 0.5) is 4.39 Å². The molecule has 1 aromatic carbocycles. The molecule has 0 bridgehead atoms. The van der Waals surface area contributed by atoms with E-state index in [9.17, 15) is 14.0 Å². The minimum atomic E-state index is -0.822. The van der Waals surface area contributed by atoms with Gasteiger partial charge in [-0.1, -0.05) is 12.1 Å². The molecule has 0 unspecified atom stereocenters. The fourth-order valence-electron chi connectivity index (χ4n) is 5.05. The van der Waals surface area contributed by atoms with Crippen molar-refractivity contribution in [3.8, 4) is 0 Å². The minimum absolute atomic E-state index is 0. The van der Waals surface area contributed by atoms with Gasteiger partial charge in [0.2, 0.25) is 5.91 Å². The molecule has 2 aliphatic rings. The van der Waals surface area contributed by atoms with Crippen molar-refractivity contribution in [2.45, 2.75) is 19.5 Å². The largest absolute Gasteiger partial charge is 0.480 e. The smallest absolute Gasteiger partial charge is 0.317 e. The van der Waals surface area contributed by atoms with Gasteiger partial charge in [-0.2, -0.15) is 0 Å². The van der Waals surface area contributed by atoms with Crippen molar-refractivity contribution in [3.05, 3.63) is 65.2 Å². The van der Waals surface area contributed by atoms with Gasteiger partial charge in [0.15, 0.2) is 0 Å². The van der Waals surface area contributed by atoms with E-state index in [1.807, 2.05) is 21.9 Å². The van der Waals surface area contributed by atoms with Gasteiger partial charge in [0, 0.05) is 56.5 Å². The van der Waals surface area contributed by atoms with E-state index in [-0.39, 0.29) is 43.1 Å². The monoisotopic (exact) mass is 537 g/mol. The van der Waals surface area contributed by atoms with E-state index in [4.69, 9.17) is 5.11 Å². The lowest BCUT2D eigenvalue weighted by Crippen LogP contribution is -2.51. The second-order valence-corrected chi connectivity index (χ2v) is 9.03. The van der Waals surface area contributed by atoms with E-state index in [0.29, 0.717) is 52.4 Å². The number of carbonyl (C=O) groups is 2. The van der Waals surface area contributed by atoms with Crippen molar-refractivity contribution in [1.82, 2.24) is 24.3 Å². The summed E-state index contributed by atoms with van der Waals surface area (Å²) in [4.78, 5) is 34.6. The number of aromatic nitrogens is 2. The van der Waals surface area contributed by atoms with Gasteiger partial charge in [-0.15, -0.1) is 24.8 Å². The summed E-state index contributed by atoms with van der Waals surface area (Å²) in [6.45, 7) is 4.68. The Morgan fingerprint density at radius 2 is 1.69 bits per heavy atom. The molecule has 194 valence electrons. The number of amides is 1. The summed E-state index contributed by atoms with van der Waals surface area (Å²) >= 11 is 0. The number of benzene rings is 1. The number of pyridine rings is 1. The van der Waals surface area contributed by atoms with Crippen molar-refractivity contribution < 1.29 is 19.1 Å². The molecule has 0 spiro atoms. The van der Waals surface area contributed by atoms with E-state index in [1.54, 1.807) is 12.3 Å². The predicted molar refractivity (Wildman–Crippen MR) is 139 cm³/mol. The van der Waals surface area contributed by atoms with Gasteiger partial charge in [-0.25, -0.2) is 9.37 Å². The Morgan fingerprint density at radius 3 is 2.39 bits per heavy atom. The molecule has 5 rings (SSSR count). The third-order valence-electron chi connectivity index (χ3n) is 6.78. The van der Waals surface area contributed by atoms with E-state index in [0.717, 1.165) is 28.7 Å². The maximum atomic E-state index is 13.8. The highest BCUT2D eigenvalue weighted by atomic mass is 35.5. The highest BCUT2D eigenvalue weighted by Gasteiger charge is 2.29. The number of nitrogens with zero attached hydrogens (tertiary/aromatic N) is 5. The second kappa shape index (κ2) is 12.0. The van der Waals surface area contributed by atoms with Gasteiger partial charge in [0.25, 0.3) is 0 Å². The van der Waals surface area contributed by atoms with E-state index in [1.165, 1.54) is 17.7 Å². The van der Waals surface area contributed by atoms with Crippen LogP contribution in [-0.4, -0.2) is 87.0 Å². The van der Waals surface area contributed by atoms with Crippen LogP contribution in [0.1, 0.15) is 16.8 Å². The van der Waals surface area contributed by atoms with Crippen molar-refractivity contribution in [2.75, 3.05) is 45.8 Å². The highest BCUT2D eigenvalue weighted by Crippen LogP contribution is 2.30. The van der Waals surface area contributed by atoms with Crippen molar-refractivity contribution in [3.63, 3.8) is 0 Å². The Morgan fingerprint density at radius 1 is 0.972 bits per heavy atom. The standard InChI is InChI=1S/C25H28FN5O3.2ClH/c26-19-4-1-3-18(13-19)14-31-22-15-30(8-6-20(22)21-5-2-7-27-25(21)31)23(32)16-28-9-11-29(12-10-28)17-24(33)34;;/h1-5,7,13H,6,8-12,14-17H2,(H,33,34);2*1H. The number of carboxylic acid groups (broad SMARTS) is 1. The van der Waals surface area contributed by atoms with Crippen LogP contribution in [0, 0.1) is 5.82 Å². The fourth-order valence-corrected chi connectivity index (χ4v) is 5.05. The highest BCUT2D eigenvalue weighted by molar-refractivity contribution is 5.86. The van der Waals surface area contributed by atoms with Crippen LogP contribution in [0.5, 0.6) is 0 Å². The molecular weight excluding hydrogens is 508 g/mol. The molecule has 4 heterocycles. The summed E-state index contributed by atoms with van der Waals surface area (Å²) in [6.07, 6.45) is 2.52. The zero-order valence-corrected chi connectivity index (χ0v) is 21.4. The summed E-state index contributed by atoms with van der Waals surface area (Å²) in [5.41, 5.74) is 3.99. The Labute approximate surface area is 221 Å². The topological polar surface area (TPSA) is 81.9 Å². The number of fused-ring (bicyclic) bond motifs is 3. The lowest BCUT2D eigenvalue weighted by molar-refractivity contribution is -0.139. The van der Waals surface area contributed by atoms with Crippen molar-refractivity contribution in [1.29, 1.82) is 0 Å². The Bertz CT molecular complexity index is 1230. The zero-order valence-electron chi connectivity index (χ0n) is 19.8. The van der Waals surface area contributed by atoms with E-state index < -0.39 is 5.97 Å². The number of carboxylic acids is 1. The fraction of sp³-hybridized carbons (Fsp3) is 0.400. The zero-order chi connectivity index (χ0) is 23.7. The van der Waals surface area contributed by atoms with Crippen LogP contribution in [0.25, 0.3) is 11.0 Å². The number of aliphatic carboxylic acids is 1. The van der Waals surface area contributed by atoms with Crippen LogP contribution in [0.15, 0.2) is 42.6 Å². The summed E-state index contributed by atoms with van der Waals surface area (Å²) in [7, 11) is 0. The van der Waals surface area contributed by atoms with Crippen LogP contribution in [-0.2, 0) is 29.1 Å². The Kier molecular flexibility index (Phi) is 9.30. The first kappa shape index (κ1) is 27.9. The van der Waals surface area contributed by atoms with Gasteiger partial charge in [0.1, 0.15) is 11.5 Å². The number of carbonyl (C=O) groups excluding carboxylic acids is 1. The number of halogens is 3. The van der Waals surface area contributed by atoms with E-state index >= 15 is 0 Å². The molecule has 1 saturated heterocycles. The molecule has 1 N–H and O–H groups in total. The van der Waals surface area contributed by atoms with E-state index in [2.05, 4.69) is 20.5 Å². The molecule has 1 fully saturated rings. The molecule has 36 heavy (non-hydrogen) atoms. The minimum Gasteiger partial charge on any atom is -0.480 e. The lowest BCUT2D eigenvalue weighted by Gasteiger charge is -2.35. The molecule has 2 aliphatic heterocycles. The number of hydrogen-bond acceptors (Lipinski definition) is 5. The Balaban J connectivity index is 0.00000180. The van der Waals surface area contributed by atoms with Gasteiger partial charge < -0.3 is 14.6 Å². The number of hydrogen-bond donors (Lipinski definition) is 1. The van der Waals surface area contributed by atoms with Crippen LogP contribution < -0.4 is 0 Å². The first-order valence-electron chi connectivity index (χ1n) is 11.6. The van der Waals surface area contributed by atoms with Gasteiger partial charge in [-0.05, 0) is 41.8 Å². The average Bonchev–Trinajstić information content (AvgIpc) is 3.13.